The maximum Gasteiger partial charge on any atom is 0.165 e. The molecule has 21 heavy (non-hydrogen) atoms. The summed E-state index contributed by atoms with van der Waals surface area (Å²) in [6, 6.07) is 5.23. The highest BCUT2D eigenvalue weighted by Gasteiger charge is 2.22. The smallest absolute Gasteiger partial charge is 0.165 e. The molecule has 1 aromatic rings. The highest BCUT2D eigenvalue weighted by Crippen LogP contribution is 2.27. The molecular weight excluding hydrogens is 305 g/mol. The Morgan fingerprint density at radius 1 is 1.29 bits per heavy atom. The summed E-state index contributed by atoms with van der Waals surface area (Å²) in [5.41, 5.74) is 0.543. The summed E-state index contributed by atoms with van der Waals surface area (Å²) in [6.07, 6.45) is 2.99. The van der Waals surface area contributed by atoms with E-state index in [0.29, 0.717) is 22.0 Å². The number of rotatable bonds is 5. The summed E-state index contributed by atoms with van der Waals surface area (Å²) in [5, 5.41) is 0.822. The van der Waals surface area contributed by atoms with Crippen LogP contribution in [0, 0.1) is 11.8 Å². The van der Waals surface area contributed by atoms with Gasteiger partial charge in [-0.2, -0.15) is 0 Å². The number of carbonyl (C=O) groups excluding carboxylic acids is 1. The third-order valence-electron chi connectivity index (χ3n) is 4.48. The van der Waals surface area contributed by atoms with Gasteiger partial charge in [0.15, 0.2) is 5.78 Å². The number of Topliss-reactive ketones (excluding diaryl/α,β-unsaturated/α-hetero) is 1. The maximum atomic E-state index is 12.3. The fourth-order valence-corrected chi connectivity index (χ4v) is 3.36. The first-order valence-corrected chi connectivity index (χ1v) is 8.44. The molecule has 0 amide bonds. The Balaban J connectivity index is 1.84. The molecule has 0 radical (unpaired) electrons. The first-order valence-electron chi connectivity index (χ1n) is 7.68. The summed E-state index contributed by atoms with van der Waals surface area (Å²) in [6.45, 7) is 7.60. The van der Waals surface area contributed by atoms with Gasteiger partial charge in [0.2, 0.25) is 0 Å². The second kappa shape index (κ2) is 7.62. The molecule has 4 heteroatoms. The standard InChI is InChI=1S/C17H23Cl2NO/c1-12(2)13-6-9-20(10-7-13)11-8-16(21)14-4-3-5-15(18)17(14)19/h3-5,12-13H,6-11H2,1-2H3. The number of carbonyl (C=O) groups is 1. The van der Waals surface area contributed by atoms with E-state index in [-0.39, 0.29) is 5.78 Å². The number of nitrogens with zero attached hydrogens (tertiary/aromatic N) is 1. The van der Waals surface area contributed by atoms with E-state index < -0.39 is 0 Å². The van der Waals surface area contributed by atoms with Crippen molar-refractivity contribution in [1.29, 1.82) is 0 Å². The molecule has 0 aromatic heterocycles. The molecule has 0 unspecified atom stereocenters. The minimum atomic E-state index is 0.0773. The molecule has 2 rings (SSSR count). The van der Waals surface area contributed by atoms with Crippen molar-refractivity contribution in [2.24, 2.45) is 11.8 Å². The zero-order valence-electron chi connectivity index (χ0n) is 12.7. The predicted octanol–water partition coefficient (Wildman–Crippen LogP) is 4.93. The van der Waals surface area contributed by atoms with Crippen molar-refractivity contribution in [2.45, 2.75) is 33.1 Å². The molecule has 1 saturated heterocycles. The summed E-state index contributed by atoms with van der Waals surface area (Å²) >= 11 is 12.1. The Bertz CT molecular complexity index is 494. The monoisotopic (exact) mass is 327 g/mol. The number of benzene rings is 1. The topological polar surface area (TPSA) is 20.3 Å². The molecule has 1 fully saturated rings. The molecule has 0 spiro atoms. The lowest BCUT2D eigenvalue weighted by Gasteiger charge is -2.33. The van der Waals surface area contributed by atoms with Crippen LogP contribution in [-0.4, -0.2) is 30.3 Å². The summed E-state index contributed by atoms with van der Waals surface area (Å²) in [4.78, 5) is 14.6. The lowest BCUT2D eigenvalue weighted by molar-refractivity contribution is 0.0943. The SMILES string of the molecule is CC(C)C1CCN(CCC(=O)c2cccc(Cl)c2Cl)CC1. The average Bonchev–Trinajstić information content (AvgIpc) is 2.48. The van der Waals surface area contributed by atoms with Crippen LogP contribution >= 0.6 is 23.2 Å². The van der Waals surface area contributed by atoms with Crippen LogP contribution in [0.15, 0.2) is 18.2 Å². The van der Waals surface area contributed by atoms with Gasteiger partial charge in [-0.3, -0.25) is 4.79 Å². The van der Waals surface area contributed by atoms with E-state index in [4.69, 9.17) is 23.2 Å². The van der Waals surface area contributed by atoms with Crippen molar-refractivity contribution in [1.82, 2.24) is 4.90 Å². The number of halogens is 2. The molecule has 1 aliphatic heterocycles. The third-order valence-corrected chi connectivity index (χ3v) is 5.30. The average molecular weight is 328 g/mol. The minimum Gasteiger partial charge on any atom is -0.303 e. The van der Waals surface area contributed by atoms with Gasteiger partial charge in [-0.1, -0.05) is 43.1 Å². The Labute approximate surface area is 137 Å². The van der Waals surface area contributed by atoms with E-state index in [2.05, 4.69) is 18.7 Å². The Morgan fingerprint density at radius 3 is 2.57 bits per heavy atom. The van der Waals surface area contributed by atoms with Crippen molar-refractivity contribution in [2.75, 3.05) is 19.6 Å². The molecule has 0 bridgehead atoms. The van der Waals surface area contributed by atoms with Crippen molar-refractivity contribution in [3.8, 4) is 0 Å². The van der Waals surface area contributed by atoms with Gasteiger partial charge in [-0.15, -0.1) is 0 Å². The van der Waals surface area contributed by atoms with Gasteiger partial charge < -0.3 is 4.90 Å². The van der Waals surface area contributed by atoms with E-state index in [1.807, 2.05) is 0 Å². The Hall–Kier alpha value is -0.570. The van der Waals surface area contributed by atoms with Crippen LogP contribution in [0.4, 0.5) is 0 Å². The van der Waals surface area contributed by atoms with Gasteiger partial charge >= 0.3 is 0 Å². The van der Waals surface area contributed by atoms with Gasteiger partial charge in [-0.25, -0.2) is 0 Å². The van der Waals surface area contributed by atoms with Gasteiger partial charge in [-0.05, 0) is 49.9 Å². The van der Waals surface area contributed by atoms with Crippen LogP contribution in [0.1, 0.15) is 43.5 Å². The third kappa shape index (κ3) is 4.45. The van der Waals surface area contributed by atoms with Crippen molar-refractivity contribution >= 4 is 29.0 Å². The maximum absolute atomic E-state index is 12.3. The number of hydrogen-bond donors (Lipinski definition) is 0. The van der Waals surface area contributed by atoms with Crippen LogP contribution in [0.2, 0.25) is 10.0 Å². The van der Waals surface area contributed by atoms with Gasteiger partial charge in [0.05, 0.1) is 10.0 Å². The normalized spacial score (nSPS) is 17.4. The molecule has 0 aliphatic carbocycles. The molecule has 0 saturated carbocycles. The largest absolute Gasteiger partial charge is 0.303 e. The van der Waals surface area contributed by atoms with E-state index >= 15 is 0 Å². The van der Waals surface area contributed by atoms with Crippen molar-refractivity contribution in [3.63, 3.8) is 0 Å². The lowest BCUT2D eigenvalue weighted by Crippen LogP contribution is -2.36. The van der Waals surface area contributed by atoms with Crippen LogP contribution < -0.4 is 0 Å². The van der Waals surface area contributed by atoms with E-state index in [1.165, 1.54) is 12.8 Å². The minimum absolute atomic E-state index is 0.0773. The number of piperidine rings is 1. The first-order chi connectivity index (χ1) is 9.99. The first kappa shape index (κ1) is 16.8. The molecule has 0 atom stereocenters. The zero-order chi connectivity index (χ0) is 15.4. The van der Waals surface area contributed by atoms with Crippen molar-refractivity contribution < 1.29 is 4.79 Å². The Kier molecular flexibility index (Phi) is 6.09. The molecule has 0 N–H and O–H groups in total. The van der Waals surface area contributed by atoms with E-state index in [9.17, 15) is 4.79 Å². The predicted molar refractivity (Wildman–Crippen MR) is 89.4 cm³/mol. The van der Waals surface area contributed by atoms with Gasteiger partial charge in [0, 0.05) is 18.5 Å². The van der Waals surface area contributed by atoms with Crippen molar-refractivity contribution in [3.05, 3.63) is 33.8 Å². The van der Waals surface area contributed by atoms with Crippen LogP contribution in [0.3, 0.4) is 0 Å². The van der Waals surface area contributed by atoms with Crippen LogP contribution in [0.5, 0.6) is 0 Å². The van der Waals surface area contributed by atoms with Gasteiger partial charge in [0.1, 0.15) is 0 Å². The molecule has 2 nitrogen and oxygen atoms in total. The molecular formula is C17H23Cl2NO. The molecule has 1 aromatic carbocycles. The number of hydrogen-bond acceptors (Lipinski definition) is 2. The van der Waals surface area contributed by atoms with E-state index in [0.717, 1.165) is 31.5 Å². The second-order valence-corrected chi connectivity index (χ2v) is 6.98. The summed E-state index contributed by atoms with van der Waals surface area (Å²) in [7, 11) is 0. The quantitative estimate of drug-likeness (QED) is 0.714. The summed E-state index contributed by atoms with van der Waals surface area (Å²) < 4.78 is 0. The molecule has 1 heterocycles. The Morgan fingerprint density at radius 2 is 1.95 bits per heavy atom. The van der Waals surface area contributed by atoms with E-state index in [1.54, 1.807) is 18.2 Å². The fraction of sp³-hybridized carbons (Fsp3) is 0.588. The zero-order valence-corrected chi connectivity index (χ0v) is 14.3. The second-order valence-electron chi connectivity index (χ2n) is 6.20. The highest BCUT2D eigenvalue weighted by atomic mass is 35.5. The fourth-order valence-electron chi connectivity index (χ4n) is 2.96. The number of likely N-dealkylation sites (tertiary alicyclic amines) is 1. The van der Waals surface area contributed by atoms with Crippen LogP contribution in [0.25, 0.3) is 0 Å². The number of ketones is 1. The summed E-state index contributed by atoms with van der Waals surface area (Å²) in [5.74, 6) is 1.67. The molecule has 1 aliphatic rings. The molecule has 116 valence electrons. The lowest BCUT2D eigenvalue weighted by atomic mass is 9.86. The van der Waals surface area contributed by atoms with Gasteiger partial charge in [0.25, 0.3) is 0 Å². The highest BCUT2D eigenvalue weighted by molar-refractivity contribution is 6.43. The van der Waals surface area contributed by atoms with Crippen LogP contribution in [-0.2, 0) is 0 Å².